The second kappa shape index (κ2) is 14.0. The molecule has 5 rings (SSSR count). The number of ether oxygens (including phenoxy) is 1. The summed E-state index contributed by atoms with van der Waals surface area (Å²) < 4.78 is 40.1. The highest BCUT2D eigenvalue weighted by Crippen LogP contribution is 2.47. The molecule has 3 heterocycles. The van der Waals surface area contributed by atoms with E-state index in [4.69, 9.17) is 18.2 Å². The second-order valence-corrected chi connectivity index (χ2v) is 19.2. The van der Waals surface area contributed by atoms with Crippen LogP contribution in [0.1, 0.15) is 44.3 Å². The molecule has 254 valence electrons. The monoisotopic (exact) mass is 694 g/mol. The smallest absolute Gasteiger partial charge is 0.459 e. The van der Waals surface area contributed by atoms with Crippen molar-refractivity contribution < 1.29 is 37.5 Å². The topological polar surface area (TPSA) is 176 Å². The number of nitrogens with one attached hydrogen (secondary N) is 2. The van der Waals surface area contributed by atoms with E-state index in [-0.39, 0.29) is 34.9 Å². The maximum absolute atomic E-state index is 13.8. The van der Waals surface area contributed by atoms with Gasteiger partial charge in [-0.25, -0.2) is 19.5 Å². The number of rotatable bonds is 13. The number of hydrogen-bond donors (Lipinski definition) is 3. The van der Waals surface area contributed by atoms with Gasteiger partial charge in [0, 0.05) is 5.56 Å². The van der Waals surface area contributed by atoms with Crippen LogP contribution in [0.15, 0.2) is 85.2 Å². The third kappa shape index (κ3) is 8.00. The highest BCUT2D eigenvalue weighted by Gasteiger charge is 2.44. The van der Waals surface area contributed by atoms with Gasteiger partial charge in [-0.15, -0.1) is 0 Å². The number of carboxylic acids is 1. The van der Waals surface area contributed by atoms with Crippen LogP contribution in [0.3, 0.4) is 0 Å². The van der Waals surface area contributed by atoms with Crippen LogP contribution in [0.4, 0.5) is 5.82 Å². The summed E-state index contributed by atoms with van der Waals surface area (Å²) in [5.74, 6) is -0.858. The lowest BCUT2D eigenvalue weighted by Crippen LogP contribution is -2.45. The zero-order chi connectivity index (χ0) is 34.7. The van der Waals surface area contributed by atoms with Crippen molar-refractivity contribution in [3.63, 3.8) is 0 Å². The van der Waals surface area contributed by atoms with Gasteiger partial charge in [0.05, 0.1) is 0 Å². The van der Waals surface area contributed by atoms with Crippen LogP contribution in [0.5, 0.6) is 5.75 Å². The summed E-state index contributed by atoms with van der Waals surface area (Å²) in [6, 6.07) is 15.8. The zero-order valence-electron chi connectivity index (χ0n) is 27.5. The van der Waals surface area contributed by atoms with Crippen LogP contribution in [-0.2, 0) is 23.0 Å². The van der Waals surface area contributed by atoms with E-state index in [1.165, 1.54) is 19.6 Å². The number of carboxylic acid groups (broad SMARTS) is 1. The summed E-state index contributed by atoms with van der Waals surface area (Å²) in [7, 11) is -6.60. The van der Waals surface area contributed by atoms with Gasteiger partial charge in [0.1, 0.15) is 42.9 Å². The number of para-hydroxylation sites is 1. The average Bonchev–Trinajstić information content (AvgIpc) is 3.64. The number of hydrogen-bond acceptors (Lipinski definition) is 10. The first-order valence-electron chi connectivity index (χ1n) is 15.2. The zero-order valence-corrected chi connectivity index (χ0v) is 29.4. The van der Waals surface area contributed by atoms with Gasteiger partial charge >= 0.3 is 13.7 Å². The molecule has 1 amide bonds. The van der Waals surface area contributed by atoms with Crippen molar-refractivity contribution in [1.29, 1.82) is 0 Å². The first kappa shape index (κ1) is 34.9. The average molecular weight is 695 g/mol. The van der Waals surface area contributed by atoms with E-state index in [1.54, 1.807) is 65.2 Å². The summed E-state index contributed by atoms with van der Waals surface area (Å²) in [4.78, 5) is 37.7. The van der Waals surface area contributed by atoms with Crippen LogP contribution in [0.25, 0.3) is 11.2 Å². The summed E-state index contributed by atoms with van der Waals surface area (Å²) in [5.41, 5.74) is 1.18. The molecule has 1 aliphatic heterocycles. The fourth-order valence-corrected chi connectivity index (χ4v) is 7.16. The quantitative estimate of drug-likeness (QED) is 0.108. The van der Waals surface area contributed by atoms with E-state index in [0.717, 1.165) is 0 Å². The highest BCUT2D eigenvalue weighted by molar-refractivity contribution is 7.52. The van der Waals surface area contributed by atoms with Crippen LogP contribution in [0, 0.1) is 0 Å². The molecule has 16 heteroatoms. The molecule has 1 aliphatic rings. The number of carbonyl (C=O) groups is 2. The van der Waals surface area contributed by atoms with Gasteiger partial charge in [0.25, 0.3) is 5.91 Å². The third-order valence-corrected chi connectivity index (χ3v) is 14.2. The molecule has 48 heavy (non-hydrogen) atoms. The van der Waals surface area contributed by atoms with Crippen molar-refractivity contribution in [2.75, 3.05) is 11.9 Å². The van der Waals surface area contributed by atoms with E-state index in [9.17, 15) is 19.3 Å². The normalized spacial score (nSPS) is 18.4. The molecule has 0 spiro atoms. The number of amides is 1. The molecular formula is C32H39N6O8PSi. The van der Waals surface area contributed by atoms with E-state index in [0.29, 0.717) is 16.7 Å². The number of nitrogens with zero attached hydrogens (tertiary/aromatic N) is 4. The van der Waals surface area contributed by atoms with Crippen LogP contribution < -0.4 is 14.9 Å². The SMILES string of the molecule is CC(N[P@](=O)(OCC1=CC(O[Si](C)(C)C(C)(C)C)C(n2cnc3c(NC(=O)c4ccccc4)ncnc32)O1)Oc1ccccc1)C(=O)O. The maximum atomic E-state index is 13.8. The number of aromatic nitrogens is 4. The molecular weight excluding hydrogens is 655 g/mol. The Labute approximate surface area is 279 Å². The molecule has 4 atom stereocenters. The van der Waals surface area contributed by atoms with E-state index >= 15 is 0 Å². The first-order chi connectivity index (χ1) is 22.7. The predicted octanol–water partition coefficient (Wildman–Crippen LogP) is 6.15. The second-order valence-electron chi connectivity index (χ2n) is 12.7. The number of carbonyl (C=O) groups excluding carboxylic acids is 1. The minimum absolute atomic E-state index is 0.144. The standard InChI is InChI=1S/C32H39N6O8PSi/c1-21(31(40)41)37-47(42,45-23-15-11-8-12-16-23)43-18-24-17-25(46-48(5,6)32(2,3)4)30(44-24)38-20-35-26-27(33-19-34-28(26)38)36-29(39)22-13-9-7-10-14-22/h7-17,19-21,25,30H,18H2,1-6H3,(H,37,42)(H,40,41)(H,33,34,36,39)/t21?,25?,30?,47-/m0/s1. The van der Waals surface area contributed by atoms with Crippen molar-refractivity contribution in [3.05, 3.63) is 90.7 Å². The predicted molar refractivity (Wildman–Crippen MR) is 181 cm³/mol. The van der Waals surface area contributed by atoms with E-state index < -0.39 is 40.4 Å². The lowest BCUT2D eigenvalue weighted by molar-refractivity contribution is -0.138. The largest absolute Gasteiger partial charge is 0.480 e. The van der Waals surface area contributed by atoms with Gasteiger partial charge in [-0.1, -0.05) is 57.2 Å². The maximum Gasteiger partial charge on any atom is 0.459 e. The molecule has 0 radical (unpaired) electrons. The van der Waals surface area contributed by atoms with Gasteiger partial charge in [-0.05, 0) is 55.4 Å². The molecule has 0 bridgehead atoms. The molecule has 4 aromatic rings. The molecule has 2 aromatic carbocycles. The van der Waals surface area contributed by atoms with Gasteiger partial charge in [0.15, 0.2) is 25.3 Å². The molecule has 0 saturated heterocycles. The molecule has 3 N–H and O–H groups in total. The summed E-state index contributed by atoms with van der Waals surface area (Å²) >= 11 is 0. The fourth-order valence-electron chi connectivity index (χ4n) is 4.48. The van der Waals surface area contributed by atoms with Gasteiger partial charge in [0.2, 0.25) is 6.23 Å². The van der Waals surface area contributed by atoms with Gasteiger partial charge < -0.3 is 24.1 Å². The first-order valence-corrected chi connectivity index (χ1v) is 19.7. The molecule has 3 unspecified atom stereocenters. The summed E-state index contributed by atoms with van der Waals surface area (Å²) in [6.45, 7) is 11.6. The van der Waals surface area contributed by atoms with Crippen LogP contribution >= 0.6 is 7.75 Å². The summed E-state index contributed by atoms with van der Waals surface area (Å²) in [6.07, 6.45) is 3.14. The van der Waals surface area contributed by atoms with Crippen LogP contribution in [0.2, 0.25) is 18.1 Å². The highest BCUT2D eigenvalue weighted by atomic mass is 31.2. The number of benzene rings is 2. The van der Waals surface area contributed by atoms with Crippen molar-refractivity contribution >= 4 is 44.9 Å². The molecule has 2 aromatic heterocycles. The lowest BCUT2D eigenvalue weighted by atomic mass is 10.2. The Bertz CT molecular complexity index is 1850. The van der Waals surface area contributed by atoms with Crippen molar-refractivity contribution in [3.8, 4) is 5.75 Å². The Morgan fingerprint density at radius 2 is 1.73 bits per heavy atom. The van der Waals surface area contributed by atoms with E-state index in [1.807, 2.05) is 6.07 Å². The molecule has 0 fully saturated rings. The molecule has 14 nitrogen and oxygen atoms in total. The van der Waals surface area contributed by atoms with E-state index in [2.05, 4.69) is 59.2 Å². The number of fused-ring (bicyclic) bond motifs is 1. The van der Waals surface area contributed by atoms with Crippen molar-refractivity contribution in [2.45, 2.75) is 64.2 Å². The fraction of sp³-hybridized carbons (Fsp3) is 0.344. The third-order valence-electron chi connectivity index (χ3n) is 8.11. The molecule has 0 aliphatic carbocycles. The van der Waals surface area contributed by atoms with Crippen molar-refractivity contribution in [2.24, 2.45) is 0 Å². The lowest BCUT2D eigenvalue weighted by Gasteiger charge is -2.39. The minimum Gasteiger partial charge on any atom is -0.480 e. The van der Waals surface area contributed by atoms with Gasteiger partial charge in [-0.3, -0.25) is 18.7 Å². The minimum atomic E-state index is -4.22. The molecule has 0 saturated carbocycles. The van der Waals surface area contributed by atoms with Crippen LogP contribution in [-0.4, -0.2) is 63.6 Å². The van der Waals surface area contributed by atoms with Crippen molar-refractivity contribution in [1.82, 2.24) is 24.6 Å². The van der Waals surface area contributed by atoms with Gasteiger partial charge in [-0.2, -0.15) is 5.09 Å². The Morgan fingerprint density at radius 1 is 1.06 bits per heavy atom. The number of imidazole rings is 1. The Hall–Kier alpha value is -4.40. The number of aliphatic carboxylic acids is 1. The Kier molecular flexibility index (Phi) is 10.2. The summed E-state index contributed by atoms with van der Waals surface area (Å²) in [5, 5.41) is 14.6. The number of anilines is 1. The Balaban J connectivity index is 1.43. The Morgan fingerprint density at radius 3 is 2.38 bits per heavy atom.